The Morgan fingerprint density at radius 2 is 2.06 bits per heavy atom. The van der Waals surface area contributed by atoms with Crippen LogP contribution in [-0.4, -0.2) is 28.2 Å². The van der Waals surface area contributed by atoms with Gasteiger partial charge in [-0.05, 0) is 17.9 Å². The highest BCUT2D eigenvalue weighted by Crippen LogP contribution is 2.47. The summed E-state index contributed by atoms with van der Waals surface area (Å²) in [6.07, 6.45) is 3.83. The average molecular weight is 436 g/mol. The van der Waals surface area contributed by atoms with Crippen LogP contribution in [0.4, 0.5) is 8.78 Å². The van der Waals surface area contributed by atoms with Crippen molar-refractivity contribution in [3.05, 3.63) is 54.1 Å². The van der Waals surface area contributed by atoms with E-state index in [-0.39, 0.29) is 19.4 Å². The molecule has 1 aromatic carbocycles. The van der Waals surface area contributed by atoms with Crippen LogP contribution in [0, 0.1) is 18.8 Å². The predicted molar refractivity (Wildman–Crippen MR) is 112 cm³/mol. The van der Waals surface area contributed by atoms with E-state index in [1.807, 2.05) is 19.3 Å². The number of esters is 1. The van der Waals surface area contributed by atoms with E-state index in [9.17, 15) is 18.7 Å². The number of rotatable bonds is 9. The summed E-state index contributed by atoms with van der Waals surface area (Å²) in [5.74, 6) is -2.93. The van der Waals surface area contributed by atoms with Crippen molar-refractivity contribution in [3.63, 3.8) is 0 Å². The third kappa shape index (κ3) is 5.32. The molecule has 1 heterocycles. The molecule has 170 valence electrons. The highest BCUT2D eigenvalue weighted by Gasteiger charge is 2.54. The van der Waals surface area contributed by atoms with E-state index in [1.165, 1.54) is 0 Å². The van der Waals surface area contributed by atoms with Crippen molar-refractivity contribution < 1.29 is 28.0 Å². The van der Waals surface area contributed by atoms with E-state index in [1.54, 1.807) is 30.3 Å². The SMILES string of the molecule is Cc1n(CCCOC(=O)[C@](O)(c2ccccc2)[C@@H]2CCC(F)(F)C2)cc[n+]1CC(C)C. The van der Waals surface area contributed by atoms with Gasteiger partial charge in [0, 0.05) is 32.1 Å². The van der Waals surface area contributed by atoms with Gasteiger partial charge in [0.25, 0.3) is 5.82 Å². The fourth-order valence-corrected chi connectivity index (χ4v) is 4.39. The molecular formula is C24H33F2N2O3+. The summed E-state index contributed by atoms with van der Waals surface area (Å²) < 4.78 is 37.4. The number of ether oxygens (including phenoxy) is 1. The number of hydrogen-bond donors (Lipinski definition) is 1. The van der Waals surface area contributed by atoms with Gasteiger partial charge >= 0.3 is 5.97 Å². The summed E-state index contributed by atoms with van der Waals surface area (Å²) in [6.45, 7) is 8.08. The molecule has 0 radical (unpaired) electrons. The van der Waals surface area contributed by atoms with Crippen molar-refractivity contribution in [1.29, 1.82) is 0 Å². The van der Waals surface area contributed by atoms with Gasteiger partial charge in [-0.2, -0.15) is 0 Å². The first-order valence-corrected chi connectivity index (χ1v) is 11.0. The van der Waals surface area contributed by atoms with Gasteiger partial charge in [0.2, 0.25) is 5.92 Å². The number of aromatic nitrogens is 2. The lowest BCUT2D eigenvalue weighted by atomic mass is 9.80. The smallest absolute Gasteiger partial charge is 0.343 e. The maximum absolute atomic E-state index is 13.8. The number of halogens is 2. The van der Waals surface area contributed by atoms with Gasteiger partial charge in [-0.15, -0.1) is 0 Å². The van der Waals surface area contributed by atoms with Crippen molar-refractivity contribution in [2.45, 2.75) is 71.1 Å². The number of imidazole rings is 1. The first-order chi connectivity index (χ1) is 14.6. The van der Waals surface area contributed by atoms with Crippen LogP contribution in [-0.2, 0) is 28.2 Å². The van der Waals surface area contributed by atoms with Gasteiger partial charge in [-0.3, -0.25) is 0 Å². The van der Waals surface area contributed by atoms with Crippen molar-refractivity contribution >= 4 is 5.97 Å². The van der Waals surface area contributed by atoms with Crippen molar-refractivity contribution in [2.75, 3.05) is 6.61 Å². The minimum atomic E-state index is -2.87. The zero-order valence-electron chi connectivity index (χ0n) is 18.6. The van der Waals surface area contributed by atoms with E-state index in [2.05, 4.69) is 23.0 Å². The Morgan fingerprint density at radius 3 is 2.68 bits per heavy atom. The molecule has 1 saturated carbocycles. The molecule has 0 amide bonds. The monoisotopic (exact) mass is 435 g/mol. The number of carbonyl (C=O) groups is 1. The van der Waals surface area contributed by atoms with Crippen molar-refractivity contribution in [1.82, 2.24) is 4.57 Å². The van der Waals surface area contributed by atoms with Crippen LogP contribution in [0.2, 0.25) is 0 Å². The van der Waals surface area contributed by atoms with Crippen LogP contribution in [0.3, 0.4) is 0 Å². The second-order valence-corrected chi connectivity index (χ2v) is 9.00. The molecular weight excluding hydrogens is 402 g/mol. The zero-order valence-corrected chi connectivity index (χ0v) is 18.6. The van der Waals surface area contributed by atoms with Gasteiger partial charge < -0.3 is 9.84 Å². The summed E-state index contributed by atoms with van der Waals surface area (Å²) in [7, 11) is 0. The van der Waals surface area contributed by atoms with Crippen LogP contribution < -0.4 is 4.57 Å². The minimum absolute atomic E-state index is 0.0753. The average Bonchev–Trinajstić information content (AvgIpc) is 3.27. The lowest BCUT2D eigenvalue weighted by Gasteiger charge is -2.32. The Labute approximate surface area is 182 Å². The Kier molecular flexibility index (Phi) is 7.14. The number of nitrogens with zero attached hydrogens (tertiary/aromatic N) is 2. The van der Waals surface area contributed by atoms with Crippen LogP contribution in [0.15, 0.2) is 42.7 Å². The molecule has 1 aliphatic rings. The molecule has 1 aromatic heterocycles. The third-order valence-corrected chi connectivity index (χ3v) is 6.12. The summed E-state index contributed by atoms with van der Waals surface area (Å²) in [5, 5.41) is 11.3. The van der Waals surface area contributed by atoms with Gasteiger partial charge in [0.05, 0.1) is 19.7 Å². The maximum Gasteiger partial charge on any atom is 0.343 e. The fourth-order valence-electron chi connectivity index (χ4n) is 4.39. The summed E-state index contributed by atoms with van der Waals surface area (Å²) >= 11 is 0. The molecule has 0 bridgehead atoms. The van der Waals surface area contributed by atoms with Crippen LogP contribution >= 0.6 is 0 Å². The van der Waals surface area contributed by atoms with E-state index >= 15 is 0 Å². The quantitative estimate of drug-likeness (QED) is 0.368. The lowest BCUT2D eigenvalue weighted by Crippen LogP contribution is -2.44. The second-order valence-electron chi connectivity index (χ2n) is 9.00. The Morgan fingerprint density at radius 1 is 1.35 bits per heavy atom. The molecule has 7 heteroatoms. The van der Waals surface area contributed by atoms with E-state index in [0.29, 0.717) is 24.4 Å². The molecule has 1 N–H and O–H groups in total. The zero-order chi connectivity index (χ0) is 22.6. The predicted octanol–water partition coefficient (Wildman–Crippen LogP) is 4.00. The van der Waals surface area contributed by atoms with Crippen LogP contribution in [0.5, 0.6) is 0 Å². The van der Waals surface area contributed by atoms with Crippen LogP contribution in [0.25, 0.3) is 0 Å². The van der Waals surface area contributed by atoms with Gasteiger partial charge in [-0.25, -0.2) is 22.7 Å². The standard InChI is InChI=1S/C24H33F2N2O3/c1-18(2)17-28-14-13-27(19(28)3)12-7-15-31-22(29)24(30,20-8-5-4-6-9-20)21-10-11-23(25,26)16-21/h4-6,8-9,13-14,18,21,30H,7,10-12,15-17H2,1-3H3/q+1/t21-,24+/m1/s1. The Hall–Kier alpha value is -2.28. The van der Waals surface area contributed by atoms with Gasteiger partial charge in [-0.1, -0.05) is 44.2 Å². The Bertz CT molecular complexity index is 882. The molecule has 0 saturated heterocycles. The first kappa shape index (κ1) is 23.4. The second kappa shape index (κ2) is 9.47. The number of carbonyl (C=O) groups excluding carboxylic acids is 1. The highest BCUT2D eigenvalue weighted by atomic mass is 19.3. The largest absolute Gasteiger partial charge is 0.463 e. The summed E-state index contributed by atoms with van der Waals surface area (Å²) in [6, 6.07) is 8.30. The van der Waals surface area contributed by atoms with Crippen LogP contribution in [0.1, 0.15) is 50.9 Å². The Balaban J connectivity index is 1.63. The van der Waals surface area contributed by atoms with E-state index in [4.69, 9.17) is 4.74 Å². The molecule has 3 rings (SSSR count). The summed E-state index contributed by atoms with van der Waals surface area (Å²) in [4.78, 5) is 12.9. The van der Waals surface area contributed by atoms with Crippen molar-refractivity contribution in [2.24, 2.45) is 11.8 Å². The molecule has 1 fully saturated rings. The topological polar surface area (TPSA) is 55.3 Å². The molecule has 31 heavy (non-hydrogen) atoms. The minimum Gasteiger partial charge on any atom is -0.463 e. The molecule has 0 aliphatic heterocycles. The lowest BCUT2D eigenvalue weighted by molar-refractivity contribution is -0.707. The number of hydrogen-bond acceptors (Lipinski definition) is 3. The van der Waals surface area contributed by atoms with E-state index in [0.717, 1.165) is 12.4 Å². The summed E-state index contributed by atoms with van der Waals surface area (Å²) in [5.41, 5.74) is -1.76. The van der Waals surface area contributed by atoms with Crippen molar-refractivity contribution in [3.8, 4) is 0 Å². The molecule has 0 unspecified atom stereocenters. The normalized spacial score (nSPS) is 20.0. The molecule has 1 aliphatic carbocycles. The molecule has 5 nitrogen and oxygen atoms in total. The highest BCUT2D eigenvalue weighted by molar-refractivity contribution is 5.81. The molecule has 2 atom stereocenters. The molecule has 0 spiro atoms. The molecule has 2 aromatic rings. The van der Waals surface area contributed by atoms with Gasteiger partial charge in [0.15, 0.2) is 5.60 Å². The van der Waals surface area contributed by atoms with E-state index < -0.39 is 29.8 Å². The third-order valence-electron chi connectivity index (χ3n) is 6.12. The van der Waals surface area contributed by atoms with Gasteiger partial charge in [0.1, 0.15) is 12.4 Å². The number of aryl methyl sites for hydroxylation is 1. The maximum atomic E-state index is 13.8. The number of alkyl halides is 2. The fraction of sp³-hybridized carbons (Fsp3) is 0.583. The first-order valence-electron chi connectivity index (χ1n) is 11.0. The number of aliphatic hydroxyl groups is 1. The number of benzene rings is 1.